The molecule has 0 aromatic carbocycles. The molecule has 0 heterocycles. The monoisotopic (exact) mass is 426 g/mol. The maximum absolute atomic E-state index is 11.9. The highest BCUT2D eigenvalue weighted by atomic mass is 28.4. The molecule has 0 aromatic rings. The molecule has 0 spiro atoms. The van der Waals surface area contributed by atoms with E-state index in [4.69, 9.17) is 13.6 Å². The summed E-state index contributed by atoms with van der Waals surface area (Å²) in [5.41, 5.74) is 1.79. The largest absolute Gasteiger partial charge is 0.466 e. The summed E-state index contributed by atoms with van der Waals surface area (Å²) in [4.78, 5) is 11.9. The van der Waals surface area contributed by atoms with Crippen LogP contribution < -0.4 is 0 Å². The van der Waals surface area contributed by atoms with Gasteiger partial charge >= 0.3 is 5.97 Å². The van der Waals surface area contributed by atoms with E-state index in [1.54, 1.807) is 6.08 Å². The smallest absolute Gasteiger partial charge is 0.330 e. The number of esters is 1. The van der Waals surface area contributed by atoms with Gasteiger partial charge in [-0.05, 0) is 53.8 Å². The Labute approximate surface area is 175 Å². The van der Waals surface area contributed by atoms with E-state index >= 15 is 0 Å². The van der Waals surface area contributed by atoms with E-state index in [0.717, 1.165) is 17.6 Å². The molecule has 0 radical (unpaired) electrons. The van der Waals surface area contributed by atoms with Crippen molar-refractivity contribution in [3.05, 3.63) is 23.8 Å². The highest BCUT2D eigenvalue weighted by molar-refractivity contribution is 6.74. The fourth-order valence-electron chi connectivity index (χ4n) is 2.74. The summed E-state index contributed by atoms with van der Waals surface area (Å²) < 4.78 is 18.3. The summed E-state index contributed by atoms with van der Waals surface area (Å²) in [6, 6.07) is 0. The third-order valence-electron chi connectivity index (χ3n) is 6.73. The third kappa shape index (κ3) is 6.15. The van der Waals surface area contributed by atoms with Gasteiger partial charge in [0.15, 0.2) is 16.6 Å². The van der Waals surface area contributed by atoms with Gasteiger partial charge in [-0.3, -0.25) is 0 Å². The number of methoxy groups -OCH3 is 1. The maximum Gasteiger partial charge on any atom is 0.330 e. The average Bonchev–Trinajstić information content (AvgIpc) is 2.48. The lowest BCUT2D eigenvalue weighted by atomic mass is 9.86. The second-order valence-electron chi connectivity index (χ2n) is 11.0. The van der Waals surface area contributed by atoms with Crippen molar-refractivity contribution in [2.75, 3.05) is 7.11 Å². The minimum Gasteiger partial charge on any atom is -0.466 e. The number of carbonyl (C=O) groups excluding carboxylic acids is 1. The summed E-state index contributed by atoms with van der Waals surface area (Å²) in [5, 5.41) is 0.232. The van der Waals surface area contributed by atoms with Gasteiger partial charge < -0.3 is 13.6 Å². The Morgan fingerprint density at radius 1 is 1.00 bits per heavy atom. The first-order chi connectivity index (χ1) is 12.4. The molecular weight excluding hydrogens is 384 g/mol. The molecule has 1 aliphatic rings. The van der Waals surface area contributed by atoms with Gasteiger partial charge in [0.05, 0.1) is 19.3 Å². The number of ether oxygens (including phenoxy) is 1. The van der Waals surface area contributed by atoms with Gasteiger partial charge in [-0.15, -0.1) is 0 Å². The Morgan fingerprint density at radius 2 is 1.46 bits per heavy atom. The van der Waals surface area contributed by atoms with Gasteiger partial charge in [-0.2, -0.15) is 0 Å². The molecule has 0 bridgehead atoms. The van der Waals surface area contributed by atoms with E-state index in [9.17, 15) is 4.79 Å². The number of rotatable bonds is 5. The van der Waals surface area contributed by atoms with Gasteiger partial charge in [0.2, 0.25) is 0 Å². The zero-order valence-electron chi connectivity index (χ0n) is 20.0. The highest BCUT2D eigenvalue weighted by Crippen LogP contribution is 2.44. The molecule has 0 aliphatic heterocycles. The lowest BCUT2D eigenvalue weighted by Gasteiger charge is -2.45. The van der Waals surface area contributed by atoms with E-state index in [1.165, 1.54) is 7.11 Å². The Bertz CT molecular complexity index is 621. The lowest BCUT2D eigenvalue weighted by molar-refractivity contribution is -0.134. The predicted octanol–water partition coefficient (Wildman–Crippen LogP) is 6.22. The summed E-state index contributed by atoms with van der Waals surface area (Å²) >= 11 is 0. The van der Waals surface area contributed by atoms with Gasteiger partial charge in [-0.1, -0.05) is 48.1 Å². The van der Waals surface area contributed by atoms with E-state index in [0.29, 0.717) is 6.42 Å². The van der Waals surface area contributed by atoms with Crippen LogP contribution >= 0.6 is 0 Å². The molecule has 1 aliphatic carbocycles. The van der Waals surface area contributed by atoms with E-state index in [-0.39, 0.29) is 28.3 Å². The molecule has 1 saturated carbocycles. The minimum absolute atomic E-state index is 0.0251. The molecule has 1 fully saturated rings. The van der Waals surface area contributed by atoms with E-state index < -0.39 is 16.6 Å². The average molecular weight is 427 g/mol. The Balaban J connectivity index is 3.20. The molecule has 0 saturated heterocycles. The number of carbonyl (C=O) groups is 1. The molecule has 28 heavy (non-hydrogen) atoms. The normalized spacial score (nSPS) is 23.8. The van der Waals surface area contributed by atoms with Crippen LogP contribution in [0, 0.1) is 0 Å². The van der Waals surface area contributed by atoms with Crippen LogP contribution in [0.1, 0.15) is 54.4 Å². The molecule has 162 valence electrons. The van der Waals surface area contributed by atoms with Crippen LogP contribution in [0.2, 0.25) is 36.3 Å². The minimum atomic E-state index is -1.99. The topological polar surface area (TPSA) is 44.8 Å². The van der Waals surface area contributed by atoms with Gasteiger partial charge in [-0.25, -0.2) is 4.79 Å². The first-order valence-corrected chi connectivity index (χ1v) is 16.1. The van der Waals surface area contributed by atoms with Crippen LogP contribution in [-0.4, -0.2) is 41.9 Å². The second kappa shape index (κ2) is 8.58. The Kier molecular flexibility index (Phi) is 7.77. The third-order valence-corrected chi connectivity index (χ3v) is 15.8. The molecular formula is C22H42O4Si2. The van der Waals surface area contributed by atoms with Crippen molar-refractivity contribution < 1.29 is 18.4 Å². The highest BCUT2D eigenvalue weighted by Gasteiger charge is 2.44. The van der Waals surface area contributed by atoms with Crippen LogP contribution in [0.25, 0.3) is 0 Å². The zero-order chi connectivity index (χ0) is 22.1. The van der Waals surface area contributed by atoms with Crippen LogP contribution in [0.5, 0.6) is 0 Å². The summed E-state index contributed by atoms with van der Waals surface area (Å²) in [6.45, 7) is 26.8. The second-order valence-corrected chi connectivity index (χ2v) is 20.5. The van der Waals surface area contributed by atoms with Gasteiger partial charge in [0.1, 0.15) is 0 Å². The molecule has 0 unspecified atom stereocenters. The van der Waals surface area contributed by atoms with Crippen molar-refractivity contribution in [3.63, 3.8) is 0 Å². The molecule has 4 nitrogen and oxygen atoms in total. The molecule has 0 N–H and O–H groups in total. The van der Waals surface area contributed by atoms with E-state index in [2.05, 4.69) is 74.3 Å². The maximum atomic E-state index is 11.9. The van der Waals surface area contributed by atoms with Crippen molar-refractivity contribution in [2.24, 2.45) is 0 Å². The van der Waals surface area contributed by atoms with Crippen LogP contribution in [-0.2, 0) is 18.4 Å². The van der Waals surface area contributed by atoms with Crippen LogP contribution in [0.3, 0.4) is 0 Å². The summed E-state index contributed by atoms with van der Waals surface area (Å²) in [6.07, 6.45) is 2.93. The molecule has 2 atom stereocenters. The summed E-state index contributed by atoms with van der Waals surface area (Å²) in [5.74, 6) is -0.352. The first kappa shape index (κ1) is 25.3. The van der Waals surface area contributed by atoms with Crippen molar-refractivity contribution >= 4 is 22.6 Å². The van der Waals surface area contributed by atoms with E-state index in [1.807, 2.05) is 0 Å². The SMILES string of the molecule is C=C1C(=CC(=O)OC)C[C@@H](O[Si](C)(C)C(C)(C)C)C[C@@H]1O[Si](C)(C)C(C)(C)C. The lowest BCUT2D eigenvalue weighted by Crippen LogP contribution is -2.49. The number of hydrogen-bond donors (Lipinski definition) is 0. The number of hydrogen-bond acceptors (Lipinski definition) is 4. The fourth-order valence-corrected chi connectivity index (χ4v) is 5.40. The quantitative estimate of drug-likeness (QED) is 0.297. The van der Waals surface area contributed by atoms with Gasteiger partial charge in [0, 0.05) is 12.5 Å². The predicted molar refractivity (Wildman–Crippen MR) is 123 cm³/mol. The van der Waals surface area contributed by atoms with Crippen molar-refractivity contribution in [1.29, 1.82) is 0 Å². The molecule has 1 rings (SSSR count). The molecule has 6 heteroatoms. The van der Waals surface area contributed by atoms with Crippen molar-refractivity contribution in [3.8, 4) is 0 Å². The summed E-state index contributed by atoms with van der Waals surface area (Å²) in [7, 11) is -2.52. The first-order valence-electron chi connectivity index (χ1n) is 10.2. The standard InChI is InChI=1S/C22H42O4Si2/c1-16-17(14-20(23)24-8)13-18(25-27(9,10)21(2,3)4)15-19(16)26-28(11,12)22(5,6)7/h14,18-19H,1,13,15H2,2-12H3/t18-,19+/m1/s1. The fraction of sp³-hybridized carbons (Fsp3) is 0.773. The van der Waals surface area contributed by atoms with Crippen LogP contribution in [0.4, 0.5) is 0 Å². The van der Waals surface area contributed by atoms with Crippen LogP contribution in [0.15, 0.2) is 23.8 Å². The molecule has 0 amide bonds. The van der Waals surface area contributed by atoms with Crippen molar-refractivity contribution in [1.82, 2.24) is 0 Å². The van der Waals surface area contributed by atoms with Crippen molar-refractivity contribution in [2.45, 2.75) is 103 Å². The molecule has 0 aromatic heterocycles. The Morgan fingerprint density at radius 3 is 1.89 bits per heavy atom. The Hall–Kier alpha value is -0.696. The van der Waals surface area contributed by atoms with Gasteiger partial charge in [0.25, 0.3) is 0 Å². The zero-order valence-corrected chi connectivity index (χ0v) is 22.0.